The van der Waals surface area contributed by atoms with Crippen LogP contribution in [0.3, 0.4) is 0 Å². The van der Waals surface area contributed by atoms with Gasteiger partial charge in [0.2, 0.25) is 0 Å². The van der Waals surface area contributed by atoms with Crippen molar-refractivity contribution in [1.29, 1.82) is 0 Å². The molecule has 2 aromatic carbocycles. The van der Waals surface area contributed by atoms with E-state index in [4.69, 9.17) is 23.2 Å². The van der Waals surface area contributed by atoms with E-state index in [1.54, 1.807) is 36.4 Å². The minimum absolute atomic E-state index is 0.0775. The summed E-state index contributed by atoms with van der Waals surface area (Å²) in [7, 11) is 0. The van der Waals surface area contributed by atoms with Crippen molar-refractivity contribution < 1.29 is 9.59 Å². The number of hydrogen-bond donors (Lipinski definition) is 1. The molecule has 4 nitrogen and oxygen atoms in total. The van der Waals surface area contributed by atoms with E-state index in [2.05, 4.69) is 21.2 Å². The summed E-state index contributed by atoms with van der Waals surface area (Å²) in [5, 5.41) is 3.39. The van der Waals surface area contributed by atoms with Gasteiger partial charge in [-0.05, 0) is 35.9 Å². The van der Waals surface area contributed by atoms with Crippen molar-refractivity contribution >= 4 is 56.6 Å². The molecule has 24 heavy (non-hydrogen) atoms. The molecule has 0 saturated carbocycles. The highest BCUT2D eigenvalue weighted by Gasteiger charge is 2.37. The van der Waals surface area contributed by atoms with Crippen molar-refractivity contribution in [3.63, 3.8) is 0 Å². The largest absolute Gasteiger partial charge is 0.350 e. The summed E-state index contributed by atoms with van der Waals surface area (Å²) in [4.78, 5) is 25.9. The number of carbonyl (C=O) groups is 2. The molecule has 2 aromatic rings. The molecule has 0 radical (unpaired) electrons. The first-order chi connectivity index (χ1) is 11.5. The fraction of sp³-hybridized carbons (Fsp3) is 0.0588. The molecule has 1 aliphatic rings. The monoisotopic (exact) mass is 424 g/mol. The van der Waals surface area contributed by atoms with E-state index < -0.39 is 11.8 Å². The third-order valence-electron chi connectivity index (χ3n) is 3.46. The third kappa shape index (κ3) is 3.48. The first kappa shape index (κ1) is 17.0. The van der Waals surface area contributed by atoms with Crippen LogP contribution in [0.5, 0.6) is 0 Å². The molecule has 122 valence electrons. The van der Waals surface area contributed by atoms with Gasteiger partial charge in [0.25, 0.3) is 11.8 Å². The normalized spacial score (nSPS) is 14.5. The van der Waals surface area contributed by atoms with Gasteiger partial charge in [-0.1, -0.05) is 57.3 Å². The standard InChI is InChI=1S/C17H11BrCl2N2O2/c18-11-2-1-3-13(8-11)21-15-14(20)16(23)22(17(15)24)9-10-4-6-12(19)7-5-10/h1-8,21H,9H2. The average molecular weight is 426 g/mol. The molecule has 2 amide bonds. The predicted molar refractivity (Wildman–Crippen MR) is 97.7 cm³/mol. The van der Waals surface area contributed by atoms with Gasteiger partial charge >= 0.3 is 0 Å². The molecule has 0 bridgehead atoms. The molecular weight excluding hydrogens is 415 g/mol. The summed E-state index contributed by atoms with van der Waals surface area (Å²) >= 11 is 15.3. The molecular formula is C17H11BrCl2N2O2. The number of benzene rings is 2. The SMILES string of the molecule is O=C1C(Cl)=C(Nc2cccc(Br)c2)C(=O)N1Cc1ccc(Cl)cc1. The highest BCUT2D eigenvalue weighted by atomic mass is 79.9. The van der Waals surface area contributed by atoms with Crippen molar-refractivity contribution in [2.24, 2.45) is 0 Å². The molecule has 7 heteroatoms. The molecule has 0 unspecified atom stereocenters. The number of amides is 2. The Labute approximate surface area is 157 Å². The minimum Gasteiger partial charge on any atom is -0.350 e. The Kier molecular flexibility index (Phi) is 4.94. The summed E-state index contributed by atoms with van der Waals surface area (Å²) in [6.45, 7) is 0.134. The van der Waals surface area contributed by atoms with E-state index >= 15 is 0 Å². The van der Waals surface area contributed by atoms with E-state index in [9.17, 15) is 9.59 Å². The van der Waals surface area contributed by atoms with Crippen molar-refractivity contribution in [3.8, 4) is 0 Å². The van der Waals surface area contributed by atoms with Crippen molar-refractivity contribution in [1.82, 2.24) is 4.90 Å². The lowest BCUT2D eigenvalue weighted by Gasteiger charge is -2.15. The molecule has 0 aromatic heterocycles. The zero-order valence-electron chi connectivity index (χ0n) is 12.2. The number of imide groups is 1. The van der Waals surface area contributed by atoms with Crippen LogP contribution in [0.1, 0.15) is 5.56 Å². The van der Waals surface area contributed by atoms with E-state index in [0.717, 1.165) is 14.9 Å². The van der Waals surface area contributed by atoms with Gasteiger partial charge in [-0.15, -0.1) is 0 Å². The zero-order chi connectivity index (χ0) is 17.3. The Morgan fingerprint density at radius 3 is 2.38 bits per heavy atom. The molecule has 0 saturated heterocycles. The van der Waals surface area contributed by atoms with E-state index in [-0.39, 0.29) is 17.3 Å². The molecule has 0 aliphatic carbocycles. The fourth-order valence-corrected chi connectivity index (χ4v) is 3.04. The Hall–Kier alpha value is -1.82. The summed E-state index contributed by atoms with van der Waals surface area (Å²) in [6.07, 6.45) is 0. The van der Waals surface area contributed by atoms with Crippen LogP contribution in [0.4, 0.5) is 5.69 Å². The second-order valence-corrected chi connectivity index (χ2v) is 6.88. The van der Waals surface area contributed by atoms with Crippen LogP contribution in [0, 0.1) is 0 Å². The Balaban J connectivity index is 1.80. The number of anilines is 1. The lowest BCUT2D eigenvalue weighted by molar-refractivity contribution is -0.138. The maximum Gasteiger partial charge on any atom is 0.279 e. The molecule has 0 atom stereocenters. The zero-order valence-corrected chi connectivity index (χ0v) is 15.3. The number of carbonyl (C=O) groups excluding carboxylic acids is 2. The number of halogens is 3. The second-order valence-electron chi connectivity index (χ2n) is 5.15. The van der Waals surface area contributed by atoms with Crippen LogP contribution in [-0.2, 0) is 16.1 Å². The van der Waals surface area contributed by atoms with Gasteiger partial charge in [0.15, 0.2) is 0 Å². The Morgan fingerprint density at radius 2 is 1.71 bits per heavy atom. The van der Waals surface area contributed by atoms with Gasteiger partial charge in [-0.3, -0.25) is 14.5 Å². The van der Waals surface area contributed by atoms with Gasteiger partial charge in [0.1, 0.15) is 10.7 Å². The Morgan fingerprint density at radius 1 is 1.00 bits per heavy atom. The van der Waals surface area contributed by atoms with Gasteiger partial charge < -0.3 is 5.32 Å². The Bertz CT molecular complexity index is 850. The van der Waals surface area contributed by atoms with Gasteiger partial charge in [0.05, 0.1) is 6.54 Å². The number of nitrogens with one attached hydrogen (secondary N) is 1. The van der Waals surface area contributed by atoms with Gasteiger partial charge in [0, 0.05) is 15.2 Å². The predicted octanol–water partition coefficient (Wildman–Crippen LogP) is 4.53. The summed E-state index contributed by atoms with van der Waals surface area (Å²) in [6, 6.07) is 14.2. The van der Waals surface area contributed by atoms with Crippen LogP contribution in [0.25, 0.3) is 0 Å². The number of nitrogens with zero attached hydrogens (tertiary/aromatic N) is 1. The summed E-state index contributed by atoms with van der Waals surface area (Å²) < 4.78 is 0.846. The lowest BCUT2D eigenvalue weighted by Crippen LogP contribution is -2.31. The molecule has 0 spiro atoms. The van der Waals surface area contributed by atoms with Crippen LogP contribution in [-0.4, -0.2) is 16.7 Å². The van der Waals surface area contributed by atoms with Crippen molar-refractivity contribution in [3.05, 3.63) is 74.3 Å². The van der Waals surface area contributed by atoms with Gasteiger partial charge in [-0.25, -0.2) is 0 Å². The van der Waals surface area contributed by atoms with Crippen LogP contribution in [0.15, 0.2) is 63.7 Å². The van der Waals surface area contributed by atoms with E-state index in [1.807, 2.05) is 12.1 Å². The molecule has 1 heterocycles. The fourth-order valence-electron chi connectivity index (χ4n) is 2.28. The van der Waals surface area contributed by atoms with Crippen LogP contribution < -0.4 is 5.32 Å². The van der Waals surface area contributed by atoms with Gasteiger partial charge in [-0.2, -0.15) is 0 Å². The van der Waals surface area contributed by atoms with Crippen molar-refractivity contribution in [2.45, 2.75) is 6.54 Å². The molecule has 1 N–H and O–H groups in total. The average Bonchev–Trinajstić information content (AvgIpc) is 2.75. The highest BCUT2D eigenvalue weighted by molar-refractivity contribution is 9.10. The molecule has 3 rings (SSSR count). The maximum atomic E-state index is 12.5. The first-order valence-electron chi connectivity index (χ1n) is 6.98. The summed E-state index contributed by atoms with van der Waals surface area (Å²) in [5.41, 5.74) is 1.52. The lowest BCUT2D eigenvalue weighted by atomic mass is 10.2. The quantitative estimate of drug-likeness (QED) is 0.732. The smallest absolute Gasteiger partial charge is 0.279 e. The first-order valence-corrected chi connectivity index (χ1v) is 8.53. The van der Waals surface area contributed by atoms with Crippen molar-refractivity contribution in [2.75, 3.05) is 5.32 Å². The van der Waals surface area contributed by atoms with E-state index in [0.29, 0.717) is 10.7 Å². The van der Waals surface area contributed by atoms with Crippen LogP contribution >= 0.6 is 39.1 Å². The topological polar surface area (TPSA) is 49.4 Å². The second kappa shape index (κ2) is 6.97. The summed E-state index contributed by atoms with van der Waals surface area (Å²) in [5.74, 6) is -0.978. The van der Waals surface area contributed by atoms with E-state index in [1.165, 1.54) is 0 Å². The highest BCUT2D eigenvalue weighted by Crippen LogP contribution is 2.28. The molecule has 1 aliphatic heterocycles. The van der Waals surface area contributed by atoms with Crippen LogP contribution in [0.2, 0.25) is 5.02 Å². The maximum absolute atomic E-state index is 12.5. The minimum atomic E-state index is -0.519. The third-order valence-corrected chi connectivity index (χ3v) is 4.56. The molecule has 0 fully saturated rings. The number of hydrogen-bond acceptors (Lipinski definition) is 3. The number of rotatable bonds is 4.